The Balaban J connectivity index is 2.45. The third kappa shape index (κ3) is 1.37. The molecule has 1 heterocycles. The molecule has 0 atom stereocenters. The standard InChI is InChI=1S/C10H10BrNO/c1-7-2-3-8-5-12(6-11)10(13)9(8)4-7/h2-4H,5-6H2,1H3. The summed E-state index contributed by atoms with van der Waals surface area (Å²) in [5.41, 5.74) is 3.75. The number of benzene rings is 1. The highest BCUT2D eigenvalue weighted by Crippen LogP contribution is 2.23. The first-order valence-corrected chi connectivity index (χ1v) is 5.29. The maximum atomic E-state index is 11.7. The third-order valence-corrected chi connectivity index (χ3v) is 2.89. The van der Waals surface area contributed by atoms with Crippen molar-refractivity contribution in [3.05, 3.63) is 34.9 Å². The molecule has 0 unspecified atom stereocenters. The van der Waals surface area contributed by atoms with Crippen LogP contribution in [0.5, 0.6) is 0 Å². The molecule has 3 heteroatoms. The molecule has 2 rings (SSSR count). The lowest BCUT2D eigenvalue weighted by molar-refractivity contribution is 0.0810. The number of hydrogen-bond donors (Lipinski definition) is 0. The summed E-state index contributed by atoms with van der Waals surface area (Å²) in [6, 6.07) is 6.04. The van der Waals surface area contributed by atoms with Gasteiger partial charge in [0.1, 0.15) is 0 Å². The smallest absolute Gasteiger partial charge is 0.255 e. The average Bonchev–Trinajstić information content (AvgIpc) is 2.44. The fourth-order valence-electron chi connectivity index (χ4n) is 1.57. The molecular formula is C10H10BrNO. The number of aryl methyl sites for hydroxylation is 1. The first-order valence-electron chi connectivity index (χ1n) is 4.17. The Morgan fingerprint density at radius 1 is 1.54 bits per heavy atom. The van der Waals surface area contributed by atoms with Crippen LogP contribution in [0.25, 0.3) is 0 Å². The van der Waals surface area contributed by atoms with Gasteiger partial charge in [-0.05, 0) is 18.6 Å². The summed E-state index contributed by atoms with van der Waals surface area (Å²) in [6.07, 6.45) is 0. The molecule has 68 valence electrons. The van der Waals surface area contributed by atoms with E-state index in [0.717, 1.165) is 23.2 Å². The van der Waals surface area contributed by atoms with Gasteiger partial charge in [-0.2, -0.15) is 0 Å². The van der Waals surface area contributed by atoms with Gasteiger partial charge < -0.3 is 4.90 Å². The second-order valence-corrected chi connectivity index (χ2v) is 3.78. The lowest BCUT2D eigenvalue weighted by atomic mass is 10.1. The fraction of sp³-hybridized carbons (Fsp3) is 0.300. The molecule has 1 amide bonds. The minimum atomic E-state index is 0.135. The normalized spacial score (nSPS) is 14.9. The van der Waals surface area contributed by atoms with Crippen LogP contribution in [-0.2, 0) is 6.54 Å². The molecule has 0 saturated carbocycles. The van der Waals surface area contributed by atoms with Crippen LogP contribution in [0.4, 0.5) is 0 Å². The number of carbonyl (C=O) groups is 1. The zero-order chi connectivity index (χ0) is 9.42. The van der Waals surface area contributed by atoms with Gasteiger partial charge in [0, 0.05) is 12.1 Å². The van der Waals surface area contributed by atoms with Gasteiger partial charge in [0.15, 0.2) is 0 Å². The zero-order valence-corrected chi connectivity index (χ0v) is 8.97. The maximum absolute atomic E-state index is 11.7. The van der Waals surface area contributed by atoms with Gasteiger partial charge in [-0.1, -0.05) is 33.6 Å². The van der Waals surface area contributed by atoms with Crippen LogP contribution in [0.3, 0.4) is 0 Å². The van der Waals surface area contributed by atoms with E-state index in [0.29, 0.717) is 5.45 Å². The van der Waals surface area contributed by atoms with Crippen molar-refractivity contribution in [1.29, 1.82) is 0 Å². The molecule has 2 nitrogen and oxygen atoms in total. The zero-order valence-electron chi connectivity index (χ0n) is 7.38. The van der Waals surface area contributed by atoms with E-state index in [9.17, 15) is 4.79 Å². The lowest BCUT2D eigenvalue weighted by Gasteiger charge is -2.09. The second kappa shape index (κ2) is 3.14. The molecule has 13 heavy (non-hydrogen) atoms. The predicted octanol–water partition coefficient (Wildman–Crippen LogP) is 2.30. The van der Waals surface area contributed by atoms with Crippen LogP contribution >= 0.6 is 15.9 Å². The third-order valence-electron chi connectivity index (χ3n) is 2.29. The molecule has 0 aromatic heterocycles. The summed E-state index contributed by atoms with van der Waals surface area (Å²) >= 11 is 3.30. The molecule has 0 bridgehead atoms. The minimum Gasteiger partial charge on any atom is -0.324 e. The van der Waals surface area contributed by atoms with Crippen molar-refractivity contribution in [2.45, 2.75) is 13.5 Å². The Morgan fingerprint density at radius 3 is 3.00 bits per heavy atom. The largest absolute Gasteiger partial charge is 0.324 e. The van der Waals surface area contributed by atoms with Gasteiger partial charge in [-0.3, -0.25) is 4.79 Å². The number of rotatable bonds is 1. The number of halogens is 1. The average molecular weight is 240 g/mol. The van der Waals surface area contributed by atoms with E-state index < -0.39 is 0 Å². The highest BCUT2D eigenvalue weighted by Gasteiger charge is 2.25. The quantitative estimate of drug-likeness (QED) is 0.544. The van der Waals surface area contributed by atoms with E-state index in [-0.39, 0.29) is 5.91 Å². The molecular weight excluding hydrogens is 230 g/mol. The Morgan fingerprint density at radius 2 is 2.31 bits per heavy atom. The van der Waals surface area contributed by atoms with Gasteiger partial charge in [0.05, 0.1) is 5.45 Å². The van der Waals surface area contributed by atoms with E-state index >= 15 is 0 Å². The number of alkyl halides is 1. The molecule has 1 aliphatic rings. The Labute approximate surface area is 85.7 Å². The second-order valence-electron chi connectivity index (χ2n) is 3.28. The summed E-state index contributed by atoms with van der Waals surface area (Å²) in [6.45, 7) is 2.74. The van der Waals surface area contributed by atoms with E-state index in [1.807, 2.05) is 25.1 Å². The van der Waals surface area contributed by atoms with Crippen LogP contribution in [0.1, 0.15) is 21.5 Å². The lowest BCUT2D eigenvalue weighted by Crippen LogP contribution is -2.21. The Bertz CT molecular complexity index is 362. The topological polar surface area (TPSA) is 20.3 Å². The van der Waals surface area contributed by atoms with Crippen molar-refractivity contribution < 1.29 is 4.79 Å². The van der Waals surface area contributed by atoms with Crippen molar-refractivity contribution in [3.63, 3.8) is 0 Å². The molecule has 0 fully saturated rings. The number of hydrogen-bond acceptors (Lipinski definition) is 1. The van der Waals surface area contributed by atoms with E-state index in [1.54, 1.807) is 4.90 Å². The van der Waals surface area contributed by atoms with E-state index in [4.69, 9.17) is 0 Å². The highest BCUT2D eigenvalue weighted by atomic mass is 79.9. The highest BCUT2D eigenvalue weighted by molar-refractivity contribution is 9.09. The fourth-order valence-corrected chi connectivity index (χ4v) is 1.98. The number of fused-ring (bicyclic) bond motifs is 1. The summed E-state index contributed by atoms with van der Waals surface area (Å²) in [4.78, 5) is 13.5. The van der Waals surface area contributed by atoms with Crippen molar-refractivity contribution in [2.75, 3.05) is 5.45 Å². The summed E-state index contributed by atoms with van der Waals surface area (Å²) in [5.74, 6) is 0.135. The molecule has 1 aromatic carbocycles. The summed E-state index contributed by atoms with van der Waals surface area (Å²) in [7, 11) is 0. The summed E-state index contributed by atoms with van der Waals surface area (Å²) in [5, 5.41) is 0. The van der Waals surface area contributed by atoms with Gasteiger partial charge in [0.25, 0.3) is 5.91 Å². The molecule has 1 aromatic rings. The Kier molecular flexibility index (Phi) is 2.12. The number of amides is 1. The van der Waals surface area contributed by atoms with Crippen molar-refractivity contribution in [3.8, 4) is 0 Å². The van der Waals surface area contributed by atoms with Crippen molar-refractivity contribution in [1.82, 2.24) is 4.90 Å². The summed E-state index contributed by atoms with van der Waals surface area (Å²) < 4.78 is 0. The van der Waals surface area contributed by atoms with Gasteiger partial charge in [-0.25, -0.2) is 0 Å². The minimum absolute atomic E-state index is 0.135. The van der Waals surface area contributed by atoms with Crippen LogP contribution < -0.4 is 0 Å². The first-order chi connectivity index (χ1) is 6.22. The molecule has 0 aliphatic carbocycles. The predicted molar refractivity (Wildman–Crippen MR) is 54.8 cm³/mol. The van der Waals surface area contributed by atoms with Crippen LogP contribution in [0.2, 0.25) is 0 Å². The van der Waals surface area contributed by atoms with E-state index in [2.05, 4.69) is 15.9 Å². The maximum Gasteiger partial charge on any atom is 0.255 e. The SMILES string of the molecule is Cc1ccc2c(c1)C(=O)N(CBr)C2. The molecule has 1 aliphatic heterocycles. The molecule has 0 N–H and O–H groups in total. The van der Waals surface area contributed by atoms with E-state index in [1.165, 1.54) is 0 Å². The van der Waals surface area contributed by atoms with Gasteiger partial charge >= 0.3 is 0 Å². The van der Waals surface area contributed by atoms with Gasteiger partial charge in [0.2, 0.25) is 0 Å². The van der Waals surface area contributed by atoms with Gasteiger partial charge in [-0.15, -0.1) is 0 Å². The van der Waals surface area contributed by atoms with Crippen LogP contribution in [-0.4, -0.2) is 16.3 Å². The van der Waals surface area contributed by atoms with Crippen molar-refractivity contribution >= 4 is 21.8 Å². The number of nitrogens with zero attached hydrogens (tertiary/aromatic N) is 1. The molecule has 0 saturated heterocycles. The Hall–Kier alpha value is -0.830. The van der Waals surface area contributed by atoms with Crippen molar-refractivity contribution in [2.24, 2.45) is 0 Å². The van der Waals surface area contributed by atoms with Crippen LogP contribution in [0.15, 0.2) is 18.2 Å². The first kappa shape index (κ1) is 8.75. The van der Waals surface area contributed by atoms with Crippen LogP contribution in [0, 0.1) is 6.92 Å². The monoisotopic (exact) mass is 239 g/mol. The molecule has 0 spiro atoms. The molecule has 0 radical (unpaired) electrons. The number of carbonyl (C=O) groups excluding carboxylic acids is 1.